The predicted molar refractivity (Wildman–Crippen MR) is 68.1 cm³/mol. The highest BCUT2D eigenvalue weighted by molar-refractivity contribution is 5.81. The molecule has 0 unspecified atom stereocenters. The van der Waals surface area contributed by atoms with Crippen LogP contribution in [0.5, 0.6) is 0 Å². The molecule has 0 atom stereocenters. The van der Waals surface area contributed by atoms with Crippen molar-refractivity contribution < 1.29 is 4.79 Å². The fourth-order valence-electron chi connectivity index (χ4n) is 1.91. The van der Waals surface area contributed by atoms with Gasteiger partial charge in [0.1, 0.15) is 6.29 Å². The van der Waals surface area contributed by atoms with Crippen molar-refractivity contribution in [2.24, 2.45) is 0 Å². The molecule has 0 spiro atoms. The zero-order valence-electron chi connectivity index (χ0n) is 10.6. The molecule has 88 valence electrons. The van der Waals surface area contributed by atoms with Gasteiger partial charge in [0.15, 0.2) is 0 Å². The normalized spacial score (nSPS) is 18.1. The molecule has 1 rings (SSSR count). The smallest absolute Gasteiger partial charge is 0.150 e. The Balaban J connectivity index is 2.93. The molecule has 2 nitrogen and oxygen atoms in total. The highest BCUT2D eigenvalue weighted by Crippen LogP contribution is 2.20. The highest BCUT2D eigenvalue weighted by Gasteiger charge is 2.12. The number of carbonyl (C=O) groups is 1. The van der Waals surface area contributed by atoms with Crippen LogP contribution in [0.15, 0.2) is 35.6 Å². The number of allylic oxidation sites excluding steroid dienone is 5. The Morgan fingerprint density at radius 1 is 1.25 bits per heavy atom. The minimum atomic E-state index is 0.450. The molecule has 0 N–H and O–H groups in total. The van der Waals surface area contributed by atoms with E-state index in [1.165, 1.54) is 0 Å². The minimum absolute atomic E-state index is 0.450. The summed E-state index contributed by atoms with van der Waals surface area (Å²) in [5.41, 5.74) is 1.91. The number of nitrogens with zero attached hydrogens (tertiary/aromatic N) is 1. The molecule has 0 aromatic carbocycles. The van der Waals surface area contributed by atoms with E-state index in [2.05, 4.69) is 44.9 Å². The molecule has 0 saturated heterocycles. The van der Waals surface area contributed by atoms with Gasteiger partial charge in [0.25, 0.3) is 0 Å². The van der Waals surface area contributed by atoms with Crippen LogP contribution < -0.4 is 0 Å². The summed E-state index contributed by atoms with van der Waals surface area (Å²) in [6.45, 7) is 8.67. The van der Waals surface area contributed by atoms with Gasteiger partial charge in [0.2, 0.25) is 0 Å². The van der Waals surface area contributed by atoms with Crippen LogP contribution in [0.2, 0.25) is 0 Å². The van der Waals surface area contributed by atoms with Crippen LogP contribution in [-0.4, -0.2) is 23.3 Å². The first-order chi connectivity index (χ1) is 7.56. The van der Waals surface area contributed by atoms with Crippen molar-refractivity contribution in [2.75, 3.05) is 0 Å². The van der Waals surface area contributed by atoms with Gasteiger partial charge in [-0.05, 0) is 39.7 Å². The Kier molecular flexibility index (Phi) is 4.53. The number of hydrogen-bond acceptors (Lipinski definition) is 2. The summed E-state index contributed by atoms with van der Waals surface area (Å²) < 4.78 is 0. The van der Waals surface area contributed by atoms with Gasteiger partial charge in [-0.25, -0.2) is 0 Å². The molecule has 0 saturated carbocycles. The molecule has 0 amide bonds. The Morgan fingerprint density at radius 2 is 1.88 bits per heavy atom. The Morgan fingerprint density at radius 3 is 2.38 bits per heavy atom. The van der Waals surface area contributed by atoms with E-state index >= 15 is 0 Å². The third-order valence-electron chi connectivity index (χ3n) is 2.74. The van der Waals surface area contributed by atoms with Crippen molar-refractivity contribution in [3.8, 4) is 0 Å². The second-order valence-corrected chi connectivity index (χ2v) is 4.66. The second kappa shape index (κ2) is 5.69. The van der Waals surface area contributed by atoms with Crippen molar-refractivity contribution in [3.05, 3.63) is 35.6 Å². The van der Waals surface area contributed by atoms with Crippen molar-refractivity contribution in [1.29, 1.82) is 0 Å². The first kappa shape index (κ1) is 12.8. The van der Waals surface area contributed by atoms with E-state index in [1.54, 1.807) is 0 Å². The fourth-order valence-corrected chi connectivity index (χ4v) is 1.91. The molecule has 0 fully saturated rings. The maximum Gasteiger partial charge on any atom is 0.150 e. The largest absolute Gasteiger partial charge is 0.372 e. The van der Waals surface area contributed by atoms with E-state index in [0.29, 0.717) is 12.1 Å². The second-order valence-electron chi connectivity index (χ2n) is 4.66. The van der Waals surface area contributed by atoms with E-state index in [9.17, 15) is 4.79 Å². The first-order valence-corrected chi connectivity index (χ1v) is 5.86. The van der Waals surface area contributed by atoms with Gasteiger partial charge in [-0.2, -0.15) is 0 Å². The molecule has 0 aromatic rings. The van der Waals surface area contributed by atoms with Crippen LogP contribution in [-0.2, 0) is 4.79 Å². The van der Waals surface area contributed by atoms with Crippen molar-refractivity contribution in [3.63, 3.8) is 0 Å². The summed E-state index contributed by atoms with van der Waals surface area (Å²) in [5.74, 6) is 0. The minimum Gasteiger partial charge on any atom is -0.372 e. The summed E-state index contributed by atoms with van der Waals surface area (Å²) in [7, 11) is 0. The quantitative estimate of drug-likeness (QED) is 0.677. The SMILES string of the molecule is CC(C)N(C=C1CC=CC=C1C=O)C(C)C. The topological polar surface area (TPSA) is 20.3 Å². The van der Waals surface area contributed by atoms with Gasteiger partial charge in [0, 0.05) is 23.9 Å². The highest BCUT2D eigenvalue weighted by atomic mass is 16.1. The molecule has 16 heavy (non-hydrogen) atoms. The Labute approximate surface area is 98.3 Å². The zero-order valence-corrected chi connectivity index (χ0v) is 10.6. The number of hydrogen-bond donors (Lipinski definition) is 0. The summed E-state index contributed by atoms with van der Waals surface area (Å²) in [6, 6.07) is 0.901. The lowest BCUT2D eigenvalue weighted by Crippen LogP contribution is -2.32. The van der Waals surface area contributed by atoms with E-state index in [1.807, 2.05) is 12.2 Å². The number of rotatable bonds is 4. The van der Waals surface area contributed by atoms with Crippen LogP contribution in [0.3, 0.4) is 0 Å². The lowest BCUT2D eigenvalue weighted by Gasteiger charge is -2.30. The Hall–Kier alpha value is -1.31. The monoisotopic (exact) mass is 219 g/mol. The van der Waals surface area contributed by atoms with Crippen molar-refractivity contribution >= 4 is 6.29 Å². The average Bonchev–Trinajstić information content (AvgIpc) is 2.25. The van der Waals surface area contributed by atoms with Crippen molar-refractivity contribution in [1.82, 2.24) is 4.90 Å². The average molecular weight is 219 g/mol. The molecular formula is C14H21NO. The van der Waals surface area contributed by atoms with Crippen LogP contribution in [0, 0.1) is 0 Å². The van der Waals surface area contributed by atoms with Gasteiger partial charge in [0.05, 0.1) is 0 Å². The standard InChI is InChI=1S/C14H21NO/c1-11(2)15(12(3)4)9-13-7-5-6-8-14(13)10-16/h5-6,8-12H,7H2,1-4H3. The van der Waals surface area contributed by atoms with Crippen molar-refractivity contribution in [2.45, 2.75) is 46.2 Å². The van der Waals surface area contributed by atoms with Gasteiger partial charge >= 0.3 is 0 Å². The van der Waals surface area contributed by atoms with Crippen LogP contribution in [0.1, 0.15) is 34.1 Å². The summed E-state index contributed by atoms with van der Waals surface area (Å²) in [6.07, 6.45) is 9.81. The predicted octanol–water partition coefficient (Wildman–Crippen LogP) is 3.07. The van der Waals surface area contributed by atoms with E-state index in [0.717, 1.165) is 23.9 Å². The number of aldehydes is 1. The fraction of sp³-hybridized carbons (Fsp3) is 0.500. The van der Waals surface area contributed by atoms with Gasteiger partial charge in [-0.3, -0.25) is 4.79 Å². The first-order valence-electron chi connectivity index (χ1n) is 5.86. The summed E-state index contributed by atoms with van der Waals surface area (Å²) in [4.78, 5) is 13.2. The maximum atomic E-state index is 10.9. The molecular weight excluding hydrogens is 198 g/mol. The molecule has 0 bridgehead atoms. The molecule has 0 aromatic heterocycles. The maximum absolute atomic E-state index is 10.9. The molecule has 1 aliphatic carbocycles. The van der Waals surface area contributed by atoms with Crippen LogP contribution >= 0.6 is 0 Å². The zero-order chi connectivity index (χ0) is 12.1. The third kappa shape index (κ3) is 3.09. The van der Waals surface area contributed by atoms with Crippen LogP contribution in [0.4, 0.5) is 0 Å². The van der Waals surface area contributed by atoms with E-state index in [-0.39, 0.29) is 0 Å². The molecule has 2 heteroatoms. The van der Waals surface area contributed by atoms with Gasteiger partial charge in [-0.1, -0.05) is 18.2 Å². The molecule has 1 aliphatic rings. The Bertz CT molecular complexity index is 327. The van der Waals surface area contributed by atoms with Crippen LogP contribution in [0.25, 0.3) is 0 Å². The third-order valence-corrected chi connectivity index (χ3v) is 2.74. The number of carbonyl (C=O) groups excluding carboxylic acids is 1. The van der Waals surface area contributed by atoms with Gasteiger partial charge in [-0.15, -0.1) is 0 Å². The lowest BCUT2D eigenvalue weighted by molar-refractivity contribution is -0.104. The lowest BCUT2D eigenvalue weighted by atomic mass is 9.99. The van der Waals surface area contributed by atoms with Gasteiger partial charge < -0.3 is 4.90 Å². The van der Waals surface area contributed by atoms with E-state index < -0.39 is 0 Å². The summed E-state index contributed by atoms with van der Waals surface area (Å²) in [5, 5.41) is 0. The molecule has 0 aliphatic heterocycles. The molecule has 0 radical (unpaired) electrons. The molecule has 0 heterocycles. The van der Waals surface area contributed by atoms with E-state index in [4.69, 9.17) is 0 Å². The summed E-state index contributed by atoms with van der Waals surface area (Å²) >= 11 is 0.